The van der Waals surface area contributed by atoms with Crippen molar-refractivity contribution in [2.45, 2.75) is 37.3 Å². The number of ether oxygens (including phenoxy) is 1. The lowest BCUT2D eigenvalue weighted by molar-refractivity contribution is -0.115. The number of carbonyl (C=O) groups is 2. The summed E-state index contributed by atoms with van der Waals surface area (Å²) in [4.78, 5) is 24.6. The molecule has 2 atom stereocenters. The summed E-state index contributed by atoms with van der Waals surface area (Å²) < 4.78 is 21.1. The van der Waals surface area contributed by atoms with Crippen LogP contribution in [0.2, 0.25) is 0 Å². The molecule has 184 valence electrons. The zero-order valence-corrected chi connectivity index (χ0v) is 20.8. The number of para-hydroxylation sites is 1. The number of amides is 1. The SMILES string of the molecule is CC(=O)c1cccc(NC(=O)C(C)Sc2nnc(C(C)Oc3ccc(F)cc3)n2-c2ccccc2)c1. The number of hydrogen-bond donors (Lipinski definition) is 1. The zero-order chi connectivity index (χ0) is 25.7. The highest BCUT2D eigenvalue weighted by molar-refractivity contribution is 8.00. The fraction of sp³-hybridized carbons (Fsp3) is 0.185. The summed E-state index contributed by atoms with van der Waals surface area (Å²) >= 11 is 1.25. The second-order valence-electron chi connectivity index (χ2n) is 8.11. The van der Waals surface area contributed by atoms with Gasteiger partial charge in [-0.2, -0.15) is 0 Å². The van der Waals surface area contributed by atoms with Crippen LogP contribution in [0.5, 0.6) is 5.75 Å². The van der Waals surface area contributed by atoms with Crippen LogP contribution < -0.4 is 10.1 Å². The van der Waals surface area contributed by atoms with Crippen molar-refractivity contribution in [2.75, 3.05) is 5.32 Å². The Morgan fingerprint density at radius 3 is 2.39 bits per heavy atom. The Bertz CT molecular complexity index is 1360. The molecule has 36 heavy (non-hydrogen) atoms. The van der Waals surface area contributed by atoms with Gasteiger partial charge in [0.25, 0.3) is 0 Å². The molecule has 0 bridgehead atoms. The molecule has 0 aliphatic heterocycles. The molecule has 0 spiro atoms. The van der Waals surface area contributed by atoms with Crippen LogP contribution in [0.25, 0.3) is 5.69 Å². The summed E-state index contributed by atoms with van der Waals surface area (Å²) in [5, 5.41) is 11.6. The van der Waals surface area contributed by atoms with E-state index in [0.29, 0.717) is 28.0 Å². The summed E-state index contributed by atoms with van der Waals surface area (Å²) in [6.45, 7) is 5.09. The second-order valence-corrected chi connectivity index (χ2v) is 9.42. The first kappa shape index (κ1) is 25.1. The van der Waals surface area contributed by atoms with Gasteiger partial charge in [-0.1, -0.05) is 42.1 Å². The molecule has 0 fully saturated rings. The van der Waals surface area contributed by atoms with Gasteiger partial charge in [0, 0.05) is 16.9 Å². The fourth-order valence-electron chi connectivity index (χ4n) is 3.48. The molecule has 9 heteroatoms. The lowest BCUT2D eigenvalue weighted by Crippen LogP contribution is -2.23. The molecule has 1 heterocycles. The monoisotopic (exact) mass is 504 g/mol. The third-order valence-electron chi connectivity index (χ3n) is 5.35. The standard InChI is InChI=1S/C27H25FN4O3S/c1-17(33)20-8-7-9-22(16-20)29-26(34)19(3)36-27-31-30-25(32(27)23-10-5-4-6-11-23)18(2)35-24-14-12-21(28)13-15-24/h4-16,18-19H,1-3H3,(H,29,34). The molecule has 1 N–H and O–H groups in total. The van der Waals surface area contributed by atoms with Crippen molar-refractivity contribution < 1.29 is 18.7 Å². The first-order valence-corrected chi connectivity index (χ1v) is 12.2. The topological polar surface area (TPSA) is 86.1 Å². The van der Waals surface area contributed by atoms with E-state index in [-0.39, 0.29) is 17.5 Å². The van der Waals surface area contributed by atoms with Crippen molar-refractivity contribution in [3.8, 4) is 11.4 Å². The first-order chi connectivity index (χ1) is 17.3. The van der Waals surface area contributed by atoms with Gasteiger partial charge in [0.05, 0.1) is 5.25 Å². The Kier molecular flexibility index (Phi) is 7.80. The molecular formula is C27H25FN4O3S. The van der Waals surface area contributed by atoms with Gasteiger partial charge in [0.2, 0.25) is 5.91 Å². The van der Waals surface area contributed by atoms with E-state index in [1.54, 1.807) is 43.3 Å². The molecular weight excluding hydrogens is 479 g/mol. The van der Waals surface area contributed by atoms with Gasteiger partial charge >= 0.3 is 0 Å². The van der Waals surface area contributed by atoms with E-state index in [1.165, 1.54) is 30.8 Å². The van der Waals surface area contributed by atoms with Crippen molar-refractivity contribution in [1.82, 2.24) is 14.8 Å². The highest BCUT2D eigenvalue weighted by atomic mass is 32.2. The average Bonchev–Trinajstić information content (AvgIpc) is 3.29. The van der Waals surface area contributed by atoms with Crippen molar-refractivity contribution in [2.24, 2.45) is 0 Å². The van der Waals surface area contributed by atoms with Crippen molar-refractivity contribution in [1.29, 1.82) is 0 Å². The summed E-state index contributed by atoms with van der Waals surface area (Å²) in [6.07, 6.45) is -0.504. The minimum atomic E-state index is -0.515. The quantitative estimate of drug-likeness (QED) is 0.227. The van der Waals surface area contributed by atoms with Crippen LogP contribution in [0.3, 0.4) is 0 Å². The molecule has 2 unspecified atom stereocenters. The molecule has 0 aliphatic carbocycles. The number of anilines is 1. The molecule has 0 aliphatic rings. The third-order valence-corrected chi connectivity index (χ3v) is 6.39. The Hall–Kier alpha value is -3.98. The highest BCUT2D eigenvalue weighted by Gasteiger charge is 2.24. The lowest BCUT2D eigenvalue weighted by Gasteiger charge is -2.17. The smallest absolute Gasteiger partial charge is 0.237 e. The van der Waals surface area contributed by atoms with Gasteiger partial charge in [-0.3, -0.25) is 14.2 Å². The van der Waals surface area contributed by atoms with E-state index in [4.69, 9.17) is 4.74 Å². The molecule has 1 amide bonds. The zero-order valence-electron chi connectivity index (χ0n) is 20.0. The van der Waals surface area contributed by atoms with Gasteiger partial charge in [-0.25, -0.2) is 4.39 Å². The van der Waals surface area contributed by atoms with E-state index in [0.717, 1.165) is 5.69 Å². The Balaban J connectivity index is 1.56. The number of carbonyl (C=O) groups excluding carboxylic acids is 2. The third kappa shape index (κ3) is 5.98. The molecule has 0 radical (unpaired) electrons. The number of rotatable bonds is 9. The normalized spacial score (nSPS) is 12.6. The van der Waals surface area contributed by atoms with Crippen LogP contribution in [0.1, 0.15) is 43.1 Å². The van der Waals surface area contributed by atoms with Crippen molar-refractivity contribution >= 4 is 29.1 Å². The van der Waals surface area contributed by atoms with Crippen LogP contribution in [-0.2, 0) is 4.79 Å². The maximum atomic E-state index is 13.3. The number of hydrogen-bond acceptors (Lipinski definition) is 6. The van der Waals surface area contributed by atoms with Crippen LogP contribution >= 0.6 is 11.8 Å². The number of nitrogens with zero attached hydrogens (tertiary/aromatic N) is 3. The van der Waals surface area contributed by atoms with E-state index in [2.05, 4.69) is 15.5 Å². The van der Waals surface area contributed by atoms with E-state index >= 15 is 0 Å². The highest BCUT2D eigenvalue weighted by Crippen LogP contribution is 2.30. The van der Waals surface area contributed by atoms with Gasteiger partial charge < -0.3 is 10.1 Å². The molecule has 1 aromatic heterocycles. The van der Waals surface area contributed by atoms with E-state index in [1.807, 2.05) is 41.8 Å². The number of ketones is 1. The largest absolute Gasteiger partial charge is 0.483 e. The predicted octanol–water partition coefficient (Wildman–Crippen LogP) is 5.87. The number of aromatic nitrogens is 3. The van der Waals surface area contributed by atoms with Crippen LogP contribution in [0, 0.1) is 5.82 Å². The molecule has 3 aromatic carbocycles. The van der Waals surface area contributed by atoms with Crippen LogP contribution in [-0.4, -0.2) is 31.7 Å². The molecule has 7 nitrogen and oxygen atoms in total. The molecule has 4 aromatic rings. The molecule has 0 saturated carbocycles. The predicted molar refractivity (Wildman–Crippen MR) is 137 cm³/mol. The maximum absolute atomic E-state index is 13.3. The van der Waals surface area contributed by atoms with Crippen molar-refractivity contribution in [3.63, 3.8) is 0 Å². The Morgan fingerprint density at radius 1 is 0.972 bits per heavy atom. The number of halogens is 1. The second kappa shape index (κ2) is 11.2. The van der Waals surface area contributed by atoms with Gasteiger partial charge in [0.15, 0.2) is 22.9 Å². The van der Waals surface area contributed by atoms with E-state index in [9.17, 15) is 14.0 Å². The number of benzene rings is 3. The summed E-state index contributed by atoms with van der Waals surface area (Å²) in [7, 11) is 0. The minimum Gasteiger partial charge on any atom is -0.483 e. The fourth-order valence-corrected chi connectivity index (χ4v) is 4.36. The summed E-state index contributed by atoms with van der Waals surface area (Å²) in [5.41, 5.74) is 1.89. The van der Waals surface area contributed by atoms with Crippen LogP contribution in [0.15, 0.2) is 84.0 Å². The molecule has 4 rings (SSSR count). The van der Waals surface area contributed by atoms with Crippen LogP contribution in [0.4, 0.5) is 10.1 Å². The average molecular weight is 505 g/mol. The maximum Gasteiger partial charge on any atom is 0.237 e. The lowest BCUT2D eigenvalue weighted by atomic mass is 10.1. The molecule has 0 saturated heterocycles. The number of nitrogens with one attached hydrogen (secondary N) is 1. The Labute approximate surface area is 212 Å². The van der Waals surface area contributed by atoms with Gasteiger partial charge in [0.1, 0.15) is 11.6 Å². The van der Waals surface area contributed by atoms with E-state index < -0.39 is 11.4 Å². The number of Topliss-reactive ketones (excluding diaryl/α,β-unsaturated/α-hetero) is 1. The minimum absolute atomic E-state index is 0.0750. The first-order valence-electron chi connectivity index (χ1n) is 11.3. The van der Waals surface area contributed by atoms with Gasteiger partial charge in [-0.15, -0.1) is 10.2 Å². The Morgan fingerprint density at radius 2 is 1.69 bits per heavy atom. The number of thioether (sulfide) groups is 1. The van der Waals surface area contributed by atoms with Crippen molar-refractivity contribution in [3.05, 3.63) is 96.1 Å². The summed E-state index contributed by atoms with van der Waals surface area (Å²) in [6, 6.07) is 22.1. The van der Waals surface area contributed by atoms with Gasteiger partial charge in [-0.05, 0) is 69.3 Å². The summed E-state index contributed by atoms with van der Waals surface area (Å²) in [5.74, 6) is 0.381.